The molecule has 8 heteroatoms. The van der Waals surface area contributed by atoms with Crippen LogP contribution in [0.4, 0.5) is 11.4 Å². The lowest BCUT2D eigenvalue weighted by Gasteiger charge is -2.42. The van der Waals surface area contributed by atoms with Crippen molar-refractivity contribution in [3.05, 3.63) is 90.1 Å². The van der Waals surface area contributed by atoms with E-state index in [4.69, 9.17) is 0 Å². The van der Waals surface area contributed by atoms with Gasteiger partial charge >= 0.3 is 0 Å². The number of β-amino-alcohol motifs (C(OH)–C–C–N with tert-alkyl or cyclic N) is 1. The molecule has 0 bridgehead atoms. The molecule has 1 aliphatic rings. The molecule has 0 spiro atoms. The van der Waals surface area contributed by atoms with Crippen molar-refractivity contribution in [1.29, 1.82) is 0 Å². The van der Waals surface area contributed by atoms with E-state index < -0.39 is 5.60 Å². The molecule has 4 heterocycles. The number of anilines is 2. The van der Waals surface area contributed by atoms with E-state index in [0.29, 0.717) is 25.1 Å². The number of nitrogens with zero attached hydrogens (tertiary/aromatic N) is 5. The molecule has 0 radical (unpaired) electrons. The van der Waals surface area contributed by atoms with Gasteiger partial charge in [0.2, 0.25) is 0 Å². The molecular formula is C29H32N6O2. The Hall–Kier alpha value is -4.04. The minimum atomic E-state index is -1.01. The molecule has 8 nitrogen and oxygen atoms in total. The largest absolute Gasteiger partial charge is 0.386 e. The number of piperidine rings is 1. The van der Waals surface area contributed by atoms with E-state index >= 15 is 0 Å². The van der Waals surface area contributed by atoms with Crippen LogP contribution in [0.5, 0.6) is 0 Å². The molecule has 1 saturated heterocycles. The first-order valence-electron chi connectivity index (χ1n) is 12.6. The number of carbonyl (C=O) groups excluding carboxylic acids is 1. The van der Waals surface area contributed by atoms with Gasteiger partial charge in [0.1, 0.15) is 0 Å². The Bertz CT molecular complexity index is 1390. The minimum absolute atomic E-state index is 0.108. The van der Waals surface area contributed by atoms with Gasteiger partial charge in [0.05, 0.1) is 29.9 Å². The zero-order valence-electron chi connectivity index (χ0n) is 21.3. The summed E-state index contributed by atoms with van der Waals surface area (Å²) >= 11 is 0. The lowest BCUT2D eigenvalue weighted by Crippen LogP contribution is -2.54. The van der Waals surface area contributed by atoms with E-state index in [0.717, 1.165) is 46.5 Å². The normalized spacial score (nSPS) is 17.5. The number of hydrogen-bond donors (Lipinski definition) is 2. The molecule has 0 saturated carbocycles. The first kappa shape index (κ1) is 24.6. The maximum absolute atomic E-state index is 13.3. The second-order valence-corrected chi connectivity index (χ2v) is 9.84. The number of aliphatic hydroxyl groups is 1. The van der Waals surface area contributed by atoms with Gasteiger partial charge in [0.15, 0.2) is 0 Å². The summed E-state index contributed by atoms with van der Waals surface area (Å²) in [4.78, 5) is 30.1. The SMILES string of the molecule is Cc1cc(C(=O)N(C)CC2(O)CCCN(c3ccnc4ccncc34)C2)ccc1NCc1ccccn1. The monoisotopic (exact) mass is 496 g/mol. The highest BCUT2D eigenvalue weighted by molar-refractivity contribution is 5.95. The highest BCUT2D eigenvalue weighted by atomic mass is 16.3. The van der Waals surface area contributed by atoms with Crippen LogP contribution in [0.2, 0.25) is 0 Å². The van der Waals surface area contributed by atoms with Crippen molar-refractivity contribution < 1.29 is 9.90 Å². The van der Waals surface area contributed by atoms with E-state index in [-0.39, 0.29) is 12.5 Å². The molecule has 1 fully saturated rings. The minimum Gasteiger partial charge on any atom is -0.386 e. The van der Waals surface area contributed by atoms with Crippen LogP contribution < -0.4 is 10.2 Å². The zero-order valence-corrected chi connectivity index (χ0v) is 21.3. The first-order valence-corrected chi connectivity index (χ1v) is 12.6. The third-order valence-corrected chi connectivity index (χ3v) is 6.95. The van der Waals surface area contributed by atoms with Crippen LogP contribution in [0.25, 0.3) is 10.9 Å². The van der Waals surface area contributed by atoms with Crippen molar-refractivity contribution in [3.8, 4) is 0 Å². The van der Waals surface area contributed by atoms with E-state index in [1.807, 2.05) is 61.7 Å². The van der Waals surface area contributed by atoms with Gasteiger partial charge < -0.3 is 20.2 Å². The molecule has 1 atom stereocenters. The molecule has 190 valence electrons. The third-order valence-electron chi connectivity index (χ3n) is 6.95. The molecular weight excluding hydrogens is 464 g/mol. The number of amides is 1. The lowest BCUT2D eigenvalue weighted by molar-refractivity contribution is 0.0000675. The van der Waals surface area contributed by atoms with E-state index in [9.17, 15) is 9.90 Å². The second-order valence-electron chi connectivity index (χ2n) is 9.84. The second kappa shape index (κ2) is 10.5. The van der Waals surface area contributed by atoms with Gasteiger partial charge in [-0.1, -0.05) is 6.07 Å². The Kier molecular flexibility index (Phi) is 7.01. The number of likely N-dealkylation sites (N-methyl/N-ethyl adjacent to an activating group) is 1. The predicted octanol–water partition coefficient (Wildman–Crippen LogP) is 4.05. The van der Waals surface area contributed by atoms with Gasteiger partial charge in [0, 0.05) is 67.2 Å². The van der Waals surface area contributed by atoms with Crippen molar-refractivity contribution in [1.82, 2.24) is 19.9 Å². The van der Waals surface area contributed by atoms with Gasteiger partial charge in [-0.2, -0.15) is 0 Å². The van der Waals surface area contributed by atoms with Crippen LogP contribution in [-0.2, 0) is 6.54 Å². The fourth-order valence-corrected chi connectivity index (χ4v) is 5.11. The molecule has 0 aliphatic carbocycles. The fourth-order valence-electron chi connectivity index (χ4n) is 5.11. The van der Waals surface area contributed by atoms with E-state index in [2.05, 4.69) is 25.2 Å². The average molecular weight is 497 g/mol. The van der Waals surface area contributed by atoms with Crippen molar-refractivity contribution in [2.75, 3.05) is 36.9 Å². The molecule has 5 rings (SSSR count). The topological polar surface area (TPSA) is 94.5 Å². The van der Waals surface area contributed by atoms with E-state index in [1.54, 1.807) is 30.5 Å². The number of aromatic nitrogens is 3. The van der Waals surface area contributed by atoms with Crippen LogP contribution in [0.1, 0.15) is 34.5 Å². The highest BCUT2D eigenvalue weighted by Crippen LogP contribution is 2.31. The van der Waals surface area contributed by atoms with Gasteiger partial charge in [0.25, 0.3) is 5.91 Å². The summed E-state index contributed by atoms with van der Waals surface area (Å²) in [6, 6.07) is 15.3. The van der Waals surface area contributed by atoms with Gasteiger partial charge in [-0.05, 0) is 67.8 Å². The van der Waals surface area contributed by atoms with Crippen LogP contribution in [0.15, 0.2) is 73.3 Å². The highest BCUT2D eigenvalue weighted by Gasteiger charge is 2.36. The van der Waals surface area contributed by atoms with Gasteiger partial charge in [-0.3, -0.25) is 19.7 Å². The quantitative estimate of drug-likeness (QED) is 0.399. The first-order chi connectivity index (χ1) is 17.9. The summed E-state index contributed by atoms with van der Waals surface area (Å²) in [7, 11) is 1.76. The molecule has 3 aromatic heterocycles. The fraction of sp³-hybridized carbons (Fsp3) is 0.310. The van der Waals surface area contributed by atoms with Gasteiger partial charge in [-0.15, -0.1) is 0 Å². The molecule has 1 aliphatic heterocycles. The smallest absolute Gasteiger partial charge is 0.253 e. The molecule has 1 unspecified atom stereocenters. The zero-order chi connectivity index (χ0) is 25.8. The lowest BCUT2D eigenvalue weighted by atomic mass is 9.91. The van der Waals surface area contributed by atoms with E-state index in [1.165, 1.54) is 0 Å². The third kappa shape index (κ3) is 5.54. The number of nitrogens with one attached hydrogen (secondary N) is 1. The molecule has 37 heavy (non-hydrogen) atoms. The Morgan fingerprint density at radius 1 is 1.14 bits per heavy atom. The number of aryl methyl sites for hydroxylation is 1. The number of carbonyl (C=O) groups is 1. The van der Waals surface area contributed by atoms with Crippen molar-refractivity contribution in [3.63, 3.8) is 0 Å². The van der Waals surface area contributed by atoms with Crippen molar-refractivity contribution in [2.24, 2.45) is 0 Å². The number of fused-ring (bicyclic) bond motifs is 1. The van der Waals surface area contributed by atoms with Crippen LogP contribution in [-0.4, -0.2) is 63.1 Å². The summed E-state index contributed by atoms with van der Waals surface area (Å²) in [5.74, 6) is -0.108. The van der Waals surface area contributed by atoms with Crippen molar-refractivity contribution in [2.45, 2.75) is 31.9 Å². The van der Waals surface area contributed by atoms with Gasteiger partial charge in [-0.25, -0.2) is 0 Å². The molecule has 4 aromatic rings. The van der Waals surface area contributed by atoms with Crippen LogP contribution in [0.3, 0.4) is 0 Å². The summed E-state index contributed by atoms with van der Waals surface area (Å²) in [6.07, 6.45) is 8.58. The molecule has 2 N–H and O–H groups in total. The maximum Gasteiger partial charge on any atom is 0.253 e. The van der Waals surface area contributed by atoms with Crippen molar-refractivity contribution >= 4 is 28.2 Å². The predicted molar refractivity (Wildman–Crippen MR) is 146 cm³/mol. The Balaban J connectivity index is 1.25. The summed E-state index contributed by atoms with van der Waals surface area (Å²) in [5, 5.41) is 15.9. The van der Waals surface area contributed by atoms with Crippen LogP contribution >= 0.6 is 0 Å². The summed E-state index contributed by atoms with van der Waals surface area (Å²) in [6.45, 7) is 4.12. The Morgan fingerprint density at radius 2 is 2.03 bits per heavy atom. The maximum atomic E-state index is 13.3. The summed E-state index contributed by atoms with van der Waals surface area (Å²) < 4.78 is 0. The number of hydrogen-bond acceptors (Lipinski definition) is 7. The standard InChI is InChI=1S/C29H32N6O2/c1-21-16-22(7-8-25(21)33-17-23-6-3-4-12-31-23)28(36)34(2)19-29(37)11-5-15-35(20-29)27-10-14-32-26-9-13-30-18-24(26)27/h3-4,6-10,12-14,16,18,33,37H,5,11,15,17,19-20H2,1-2H3. The number of rotatable bonds is 7. The molecule has 1 amide bonds. The van der Waals surface area contributed by atoms with Crippen LogP contribution in [0, 0.1) is 6.92 Å². The summed E-state index contributed by atoms with van der Waals surface area (Å²) in [5.41, 5.74) is 4.37. The Labute approximate surface area is 217 Å². The number of pyridine rings is 3. The number of benzene rings is 1. The molecule has 1 aromatic carbocycles. The average Bonchev–Trinajstić information content (AvgIpc) is 2.92. The Morgan fingerprint density at radius 3 is 2.84 bits per heavy atom.